The topological polar surface area (TPSA) is 0 Å². The first-order chi connectivity index (χ1) is 9.76. The molecule has 0 aliphatic carbocycles. The first-order valence-electron chi connectivity index (χ1n) is 6.57. The maximum Gasteiger partial charge on any atom is 0.0136 e. The number of allylic oxidation sites excluding steroid dienone is 5. The third-order valence-electron chi connectivity index (χ3n) is 3.10. The van der Waals surface area contributed by atoms with Crippen molar-refractivity contribution in [2.45, 2.75) is 6.92 Å². The van der Waals surface area contributed by atoms with Gasteiger partial charge in [0.1, 0.15) is 0 Å². The lowest BCUT2D eigenvalue weighted by Gasteiger charge is -2.11. The largest absolute Gasteiger partial charge is 0.0991 e. The zero-order chi connectivity index (χ0) is 14.4. The van der Waals surface area contributed by atoms with E-state index in [-0.39, 0.29) is 0 Å². The monoisotopic (exact) mass is 372 g/mol. The molecule has 0 bridgehead atoms. The molecule has 0 amide bonds. The van der Waals surface area contributed by atoms with Gasteiger partial charge < -0.3 is 0 Å². The van der Waals surface area contributed by atoms with Gasteiger partial charge in [0.25, 0.3) is 0 Å². The van der Waals surface area contributed by atoms with Gasteiger partial charge in [0, 0.05) is 3.57 Å². The Morgan fingerprint density at radius 1 is 1.10 bits per heavy atom. The zero-order valence-corrected chi connectivity index (χ0v) is 13.7. The average Bonchev–Trinajstić information content (AvgIpc) is 2.49. The molecule has 2 rings (SSSR count). The second kappa shape index (κ2) is 7.25. The maximum absolute atomic E-state index is 3.74. The molecule has 0 N–H and O–H groups in total. The Bertz CT molecular complexity index is 649. The van der Waals surface area contributed by atoms with Crippen molar-refractivity contribution >= 4 is 28.2 Å². The van der Waals surface area contributed by atoms with Crippen LogP contribution < -0.4 is 0 Å². The highest BCUT2D eigenvalue weighted by Crippen LogP contribution is 2.31. The number of rotatable bonds is 4. The van der Waals surface area contributed by atoms with Gasteiger partial charge in [0.05, 0.1) is 0 Å². The Hall–Kier alpha value is -1.61. The van der Waals surface area contributed by atoms with E-state index in [9.17, 15) is 0 Å². The van der Waals surface area contributed by atoms with E-state index in [2.05, 4.69) is 90.7 Å². The number of halogens is 1. The van der Waals surface area contributed by atoms with Crippen LogP contribution in [0.3, 0.4) is 0 Å². The minimum Gasteiger partial charge on any atom is -0.0991 e. The summed E-state index contributed by atoms with van der Waals surface area (Å²) < 4.78 is 1.24. The molecule has 0 aliphatic heterocycles. The first kappa shape index (κ1) is 14.8. The second-order valence-corrected chi connectivity index (χ2v) is 5.64. The van der Waals surface area contributed by atoms with Crippen LogP contribution in [0, 0.1) is 3.57 Å². The van der Waals surface area contributed by atoms with Crippen LogP contribution in [0.5, 0.6) is 0 Å². The van der Waals surface area contributed by atoms with Crippen LogP contribution in [-0.2, 0) is 0 Å². The van der Waals surface area contributed by atoms with E-state index in [1.165, 1.54) is 25.8 Å². The number of hydrogen-bond donors (Lipinski definition) is 0. The zero-order valence-electron chi connectivity index (χ0n) is 11.5. The van der Waals surface area contributed by atoms with Gasteiger partial charge >= 0.3 is 0 Å². The van der Waals surface area contributed by atoms with Crippen LogP contribution in [0.1, 0.15) is 12.5 Å². The first-order valence-corrected chi connectivity index (χ1v) is 7.65. The van der Waals surface area contributed by atoms with E-state index in [1.54, 1.807) is 6.08 Å². The van der Waals surface area contributed by atoms with Gasteiger partial charge in [-0.15, -0.1) is 0 Å². The van der Waals surface area contributed by atoms with Gasteiger partial charge in [-0.25, -0.2) is 0 Å². The van der Waals surface area contributed by atoms with Crippen molar-refractivity contribution < 1.29 is 0 Å². The van der Waals surface area contributed by atoms with E-state index in [4.69, 9.17) is 0 Å². The summed E-state index contributed by atoms with van der Waals surface area (Å²) in [5.74, 6) is 0. The summed E-state index contributed by atoms with van der Waals surface area (Å²) in [5, 5.41) is 0. The van der Waals surface area contributed by atoms with Gasteiger partial charge in [0.2, 0.25) is 0 Å². The molecule has 0 aliphatic rings. The fraction of sp³-hybridized carbons (Fsp3) is 0.0526. The van der Waals surface area contributed by atoms with Crippen LogP contribution >= 0.6 is 22.6 Å². The van der Waals surface area contributed by atoms with Gasteiger partial charge in [0.15, 0.2) is 0 Å². The standard InChI is InChI=1S/C19H17I/c1-3-5-9-15(4-2)19-14-17(20)12-13-18(19)16-10-7-6-8-11-16/h3-14H,1H2,2H3/b9-5-,15-4+. The normalized spacial score (nSPS) is 11.8. The van der Waals surface area contributed by atoms with Crippen LogP contribution in [0.2, 0.25) is 0 Å². The van der Waals surface area contributed by atoms with Gasteiger partial charge in [-0.3, -0.25) is 0 Å². The summed E-state index contributed by atoms with van der Waals surface area (Å²) in [6, 6.07) is 17.1. The predicted molar refractivity (Wildman–Crippen MR) is 97.6 cm³/mol. The highest BCUT2D eigenvalue weighted by Gasteiger charge is 2.07. The van der Waals surface area contributed by atoms with Crippen molar-refractivity contribution in [2.24, 2.45) is 0 Å². The fourth-order valence-corrected chi connectivity index (χ4v) is 2.63. The highest BCUT2D eigenvalue weighted by atomic mass is 127. The van der Waals surface area contributed by atoms with Gasteiger partial charge in [-0.2, -0.15) is 0 Å². The summed E-state index contributed by atoms with van der Waals surface area (Å²) in [4.78, 5) is 0. The summed E-state index contributed by atoms with van der Waals surface area (Å²) in [6.45, 7) is 5.81. The Kier molecular flexibility index (Phi) is 5.36. The predicted octanol–water partition coefficient (Wildman–Crippen LogP) is 6.10. The molecule has 100 valence electrons. The summed E-state index contributed by atoms with van der Waals surface area (Å²) in [5.41, 5.74) is 4.96. The van der Waals surface area contributed by atoms with E-state index < -0.39 is 0 Å². The molecule has 1 heteroatoms. The molecule has 0 saturated carbocycles. The van der Waals surface area contributed by atoms with E-state index in [0.717, 1.165) is 0 Å². The molecule has 2 aromatic rings. The van der Waals surface area contributed by atoms with Crippen molar-refractivity contribution in [3.05, 3.63) is 88.5 Å². The highest BCUT2D eigenvalue weighted by molar-refractivity contribution is 14.1. The molecule has 0 radical (unpaired) electrons. The van der Waals surface area contributed by atoms with Crippen molar-refractivity contribution in [3.8, 4) is 11.1 Å². The lowest BCUT2D eigenvalue weighted by atomic mass is 9.94. The molecule has 0 nitrogen and oxygen atoms in total. The molecule has 0 aromatic heterocycles. The Morgan fingerprint density at radius 2 is 1.85 bits per heavy atom. The second-order valence-electron chi connectivity index (χ2n) is 4.39. The Balaban J connectivity index is 2.59. The quantitative estimate of drug-likeness (QED) is 0.449. The van der Waals surface area contributed by atoms with Gasteiger partial charge in [-0.1, -0.05) is 67.3 Å². The van der Waals surface area contributed by atoms with Crippen molar-refractivity contribution in [1.29, 1.82) is 0 Å². The molecule has 0 unspecified atom stereocenters. The van der Waals surface area contributed by atoms with Crippen molar-refractivity contribution in [2.75, 3.05) is 0 Å². The van der Waals surface area contributed by atoms with Crippen LogP contribution in [-0.4, -0.2) is 0 Å². The molecule has 20 heavy (non-hydrogen) atoms. The molecular weight excluding hydrogens is 355 g/mol. The molecular formula is C19H17I. The third-order valence-corrected chi connectivity index (χ3v) is 3.77. The molecule has 0 fully saturated rings. The summed E-state index contributed by atoms with van der Waals surface area (Å²) >= 11 is 2.36. The molecule has 0 saturated heterocycles. The fourth-order valence-electron chi connectivity index (χ4n) is 2.14. The molecule has 2 aromatic carbocycles. The molecule has 0 spiro atoms. The third kappa shape index (κ3) is 3.48. The Labute approximate surface area is 134 Å². The van der Waals surface area contributed by atoms with E-state index in [0.29, 0.717) is 0 Å². The number of benzene rings is 2. The Morgan fingerprint density at radius 3 is 2.50 bits per heavy atom. The van der Waals surface area contributed by atoms with Gasteiger partial charge in [-0.05, 0) is 63.9 Å². The molecule has 0 heterocycles. The smallest absolute Gasteiger partial charge is 0.0136 e. The SMILES string of the molecule is C=C/C=C\C(=C/C)c1cc(I)ccc1-c1ccccc1. The summed E-state index contributed by atoms with van der Waals surface area (Å²) in [7, 11) is 0. The average molecular weight is 372 g/mol. The lowest BCUT2D eigenvalue weighted by Crippen LogP contribution is -1.89. The number of hydrogen-bond acceptors (Lipinski definition) is 0. The van der Waals surface area contributed by atoms with Crippen molar-refractivity contribution in [3.63, 3.8) is 0 Å². The van der Waals surface area contributed by atoms with Crippen LogP contribution in [0.15, 0.2) is 79.4 Å². The van der Waals surface area contributed by atoms with Crippen molar-refractivity contribution in [1.82, 2.24) is 0 Å². The minimum atomic E-state index is 1.21. The lowest BCUT2D eigenvalue weighted by molar-refractivity contribution is 1.53. The van der Waals surface area contributed by atoms with Crippen LogP contribution in [0.25, 0.3) is 16.7 Å². The summed E-state index contributed by atoms with van der Waals surface area (Å²) in [6.07, 6.45) is 8.02. The van der Waals surface area contributed by atoms with E-state index in [1.807, 2.05) is 12.1 Å². The van der Waals surface area contributed by atoms with Crippen LogP contribution in [0.4, 0.5) is 0 Å². The maximum atomic E-state index is 3.74. The minimum absolute atomic E-state index is 1.21. The molecule has 0 atom stereocenters. The van der Waals surface area contributed by atoms with E-state index >= 15 is 0 Å².